The van der Waals surface area contributed by atoms with E-state index >= 15 is 0 Å². The minimum Gasteiger partial charge on any atom is -0.370 e. The molecule has 2 aromatic rings. The number of benzene rings is 1. The van der Waals surface area contributed by atoms with Crippen LogP contribution in [0.3, 0.4) is 0 Å². The van der Waals surface area contributed by atoms with Gasteiger partial charge in [0.2, 0.25) is 0 Å². The summed E-state index contributed by atoms with van der Waals surface area (Å²) in [6.45, 7) is 4.69. The molecular weight excluding hydrogens is 330 g/mol. The second-order valence-electron chi connectivity index (χ2n) is 5.73. The molecule has 0 saturated carbocycles. The molecule has 1 aromatic heterocycles. The van der Waals surface area contributed by atoms with Gasteiger partial charge in [-0.1, -0.05) is 37.3 Å². The van der Waals surface area contributed by atoms with Crippen LogP contribution < -0.4 is 0 Å². The summed E-state index contributed by atoms with van der Waals surface area (Å²) in [4.78, 5) is 1.09. The van der Waals surface area contributed by atoms with Crippen molar-refractivity contribution < 1.29 is 13.2 Å². The monoisotopic (exact) mass is 351 g/mol. The molecule has 0 aliphatic carbocycles. The van der Waals surface area contributed by atoms with Crippen LogP contribution in [0.2, 0.25) is 0 Å². The second kappa shape index (κ2) is 6.73. The van der Waals surface area contributed by atoms with Gasteiger partial charge in [-0.05, 0) is 31.0 Å². The maximum absolute atomic E-state index is 13.0. The molecule has 3 rings (SSSR count). The molecule has 124 valence electrons. The Morgan fingerprint density at radius 3 is 2.61 bits per heavy atom. The molecule has 2 unspecified atom stereocenters. The Bertz CT molecular complexity index is 755. The number of thiophene rings is 1. The minimum absolute atomic E-state index is 0.160. The summed E-state index contributed by atoms with van der Waals surface area (Å²) in [5.74, 6) is 0. The molecule has 2 heterocycles. The van der Waals surface area contributed by atoms with Gasteiger partial charge in [0.05, 0.1) is 12.7 Å². The third-order valence-corrected chi connectivity index (χ3v) is 7.77. The second-order valence-corrected chi connectivity index (χ2v) is 9.02. The molecule has 0 amide bonds. The van der Waals surface area contributed by atoms with Crippen molar-refractivity contribution in [1.29, 1.82) is 0 Å². The largest absolute Gasteiger partial charge is 0.370 e. The highest BCUT2D eigenvalue weighted by atomic mass is 32.2. The fourth-order valence-electron chi connectivity index (χ4n) is 2.74. The number of morpholine rings is 1. The number of hydrogen-bond donors (Lipinski definition) is 0. The van der Waals surface area contributed by atoms with E-state index in [2.05, 4.69) is 0 Å². The van der Waals surface area contributed by atoms with E-state index in [0.717, 1.165) is 16.9 Å². The van der Waals surface area contributed by atoms with E-state index in [4.69, 9.17) is 4.74 Å². The quantitative estimate of drug-likeness (QED) is 0.847. The van der Waals surface area contributed by atoms with Gasteiger partial charge in [0.15, 0.2) is 0 Å². The lowest BCUT2D eigenvalue weighted by atomic mass is 10.1. The van der Waals surface area contributed by atoms with Crippen LogP contribution in [0.15, 0.2) is 46.7 Å². The van der Waals surface area contributed by atoms with Crippen LogP contribution in [0, 0.1) is 0 Å². The van der Waals surface area contributed by atoms with E-state index in [1.54, 1.807) is 10.4 Å². The van der Waals surface area contributed by atoms with Gasteiger partial charge in [0.25, 0.3) is 10.0 Å². The molecule has 0 radical (unpaired) electrons. The van der Waals surface area contributed by atoms with Crippen LogP contribution >= 0.6 is 11.3 Å². The topological polar surface area (TPSA) is 46.6 Å². The summed E-state index contributed by atoms with van der Waals surface area (Å²) in [7, 11) is -3.47. The van der Waals surface area contributed by atoms with Gasteiger partial charge in [-0.2, -0.15) is 4.31 Å². The van der Waals surface area contributed by atoms with Crippen LogP contribution in [-0.4, -0.2) is 31.9 Å². The molecule has 23 heavy (non-hydrogen) atoms. The summed E-state index contributed by atoms with van der Waals surface area (Å²) < 4.78 is 33.8. The van der Waals surface area contributed by atoms with E-state index in [-0.39, 0.29) is 12.1 Å². The maximum Gasteiger partial charge on any atom is 0.252 e. The van der Waals surface area contributed by atoms with Gasteiger partial charge in [0, 0.05) is 17.5 Å². The van der Waals surface area contributed by atoms with E-state index in [1.165, 1.54) is 11.3 Å². The molecule has 1 saturated heterocycles. The fourth-order valence-corrected chi connectivity index (χ4v) is 5.78. The van der Waals surface area contributed by atoms with Gasteiger partial charge in [-0.3, -0.25) is 0 Å². The first kappa shape index (κ1) is 16.6. The number of ether oxygens (including phenoxy) is 1. The van der Waals surface area contributed by atoms with Crippen molar-refractivity contribution in [3.63, 3.8) is 0 Å². The zero-order chi connectivity index (χ0) is 16.4. The van der Waals surface area contributed by atoms with Crippen molar-refractivity contribution in [3.8, 4) is 0 Å². The molecule has 1 aromatic carbocycles. The van der Waals surface area contributed by atoms with Gasteiger partial charge < -0.3 is 4.74 Å². The van der Waals surface area contributed by atoms with Gasteiger partial charge in [-0.25, -0.2) is 8.42 Å². The number of hydrogen-bond acceptors (Lipinski definition) is 4. The molecule has 6 heteroatoms. The summed E-state index contributed by atoms with van der Waals surface area (Å²) in [5, 5.41) is 0. The van der Waals surface area contributed by atoms with E-state index in [1.807, 2.05) is 50.2 Å². The van der Waals surface area contributed by atoms with Gasteiger partial charge in [0.1, 0.15) is 4.21 Å². The Hall–Kier alpha value is -1.21. The molecule has 0 spiro atoms. The van der Waals surface area contributed by atoms with Crippen molar-refractivity contribution in [2.24, 2.45) is 0 Å². The minimum atomic E-state index is -3.47. The summed E-state index contributed by atoms with van der Waals surface area (Å²) in [6.07, 6.45) is 0.638. The normalized spacial score (nSPS) is 23.0. The lowest BCUT2D eigenvalue weighted by Gasteiger charge is -2.36. The molecule has 1 aliphatic heterocycles. The van der Waals surface area contributed by atoms with Gasteiger partial charge in [-0.15, -0.1) is 11.3 Å². The average Bonchev–Trinajstić information content (AvgIpc) is 3.06. The molecule has 0 bridgehead atoms. The van der Waals surface area contributed by atoms with Crippen molar-refractivity contribution in [2.75, 3.05) is 13.2 Å². The molecule has 2 atom stereocenters. The van der Waals surface area contributed by atoms with Gasteiger partial charge >= 0.3 is 0 Å². The SMILES string of the molecule is CCc1ccc(S(=O)(=O)N2CC(c3ccccc3)OCC2C)s1. The van der Waals surface area contributed by atoms with Crippen LogP contribution in [0.1, 0.15) is 30.4 Å². The Morgan fingerprint density at radius 2 is 1.96 bits per heavy atom. The number of sulfonamides is 1. The Balaban J connectivity index is 1.87. The summed E-state index contributed by atoms with van der Waals surface area (Å²) in [5.41, 5.74) is 1.01. The standard InChI is InChI=1S/C17H21NO3S2/c1-3-15-9-10-17(22-15)23(19,20)18-11-16(21-12-13(18)2)14-7-5-4-6-8-14/h4-10,13,16H,3,11-12H2,1-2H3. The molecule has 4 nitrogen and oxygen atoms in total. The maximum atomic E-state index is 13.0. The zero-order valence-electron chi connectivity index (χ0n) is 13.3. The zero-order valence-corrected chi connectivity index (χ0v) is 14.9. The molecule has 0 N–H and O–H groups in total. The average molecular weight is 351 g/mol. The van der Waals surface area contributed by atoms with Crippen molar-refractivity contribution in [2.45, 2.75) is 36.6 Å². The van der Waals surface area contributed by atoms with E-state index in [9.17, 15) is 8.42 Å². The summed E-state index contributed by atoms with van der Waals surface area (Å²) >= 11 is 1.36. The smallest absolute Gasteiger partial charge is 0.252 e. The lowest BCUT2D eigenvalue weighted by molar-refractivity contribution is -0.0287. The fraction of sp³-hybridized carbons (Fsp3) is 0.412. The Labute approximate surface area is 141 Å². The molecule has 1 aliphatic rings. The lowest BCUT2D eigenvalue weighted by Crippen LogP contribution is -2.47. The highest BCUT2D eigenvalue weighted by molar-refractivity contribution is 7.91. The highest BCUT2D eigenvalue weighted by Gasteiger charge is 2.36. The first-order valence-electron chi connectivity index (χ1n) is 7.79. The van der Waals surface area contributed by atoms with Crippen LogP contribution in [-0.2, 0) is 21.2 Å². The number of aryl methyl sites for hydroxylation is 1. The van der Waals surface area contributed by atoms with E-state index in [0.29, 0.717) is 17.4 Å². The van der Waals surface area contributed by atoms with Crippen LogP contribution in [0.5, 0.6) is 0 Å². The summed E-state index contributed by atoms with van der Waals surface area (Å²) in [6, 6.07) is 13.3. The van der Waals surface area contributed by atoms with Crippen LogP contribution in [0.25, 0.3) is 0 Å². The Morgan fingerprint density at radius 1 is 1.22 bits per heavy atom. The predicted octanol–water partition coefficient (Wildman–Crippen LogP) is 3.46. The number of rotatable bonds is 4. The Kier molecular flexibility index (Phi) is 4.87. The first-order chi connectivity index (χ1) is 11.0. The number of nitrogens with zero attached hydrogens (tertiary/aromatic N) is 1. The molecular formula is C17H21NO3S2. The predicted molar refractivity (Wildman–Crippen MR) is 92.2 cm³/mol. The van der Waals surface area contributed by atoms with Crippen molar-refractivity contribution in [3.05, 3.63) is 52.9 Å². The van der Waals surface area contributed by atoms with E-state index < -0.39 is 10.0 Å². The van der Waals surface area contributed by atoms with Crippen molar-refractivity contribution >= 4 is 21.4 Å². The molecule has 1 fully saturated rings. The van der Waals surface area contributed by atoms with Crippen molar-refractivity contribution in [1.82, 2.24) is 4.31 Å². The first-order valence-corrected chi connectivity index (χ1v) is 10.0. The third kappa shape index (κ3) is 3.35. The highest BCUT2D eigenvalue weighted by Crippen LogP contribution is 2.32. The third-order valence-electron chi connectivity index (χ3n) is 4.10. The van der Waals surface area contributed by atoms with Crippen LogP contribution in [0.4, 0.5) is 0 Å².